The molecular weight excluding hydrogens is 488 g/mol. The van der Waals surface area contributed by atoms with Gasteiger partial charge in [-0.2, -0.15) is 5.10 Å². The van der Waals surface area contributed by atoms with E-state index in [2.05, 4.69) is 97.0 Å². The summed E-state index contributed by atoms with van der Waals surface area (Å²) in [4.78, 5) is 14.0. The van der Waals surface area contributed by atoms with Crippen LogP contribution in [0.2, 0.25) is 0 Å². The van der Waals surface area contributed by atoms with Crippen LogP contribution in [0.25, 0.3) is 5.69 Å². The molecule has 38 heavy (non-hydrogen) atoms. The van der Waals surface area contributed by atoms with Crippen LogP contribution in [-0.4, -0.2) is 21.5 Å². The summed E-state index contributed by atoms with van der Waals surface area (Å²) in [5, 5.41) is 10.8. The fourth-order valence-corrected chi connectivity index (χ4v) is 6.08. The zero-order valence-electron chi connectivity index (χ0n) is 21.4. The molecule has 0 aliphatic carbocycles. The van der Waals surface area contributed by atoms with Gasteiger partial charge in [0.2, 0.25) is 0 Å². The maximum atomic E-state index is 5.31. The first kappa shape index (κ1) is 22.7. The Kier molecular flexibility index (Phi) is 5.26. The first-order valence-corrected chi connectivity index (χ1v) is 13.5. The van der Waals surface area contributed by atoms with Crippen LogP contribution in [0, 0.1) is 20.8 Å². The van der Waals surface area contributed by atoms with E-state index in [1.54, 1.807) is 11.3 Å². The Balaban J connectivity index is 1.50. The molecule has 0 spiro atoms. The third kappa shape index (κ3) is 3.58. The Morgan fingerprint density at radius 3 is 2.47 bits per heavy atom. The smallest absolute Gasteiger partial charge is 0.179 e. The van der Waals surface area contributed by atoms with Crippen LogP contribution in [0.5, 0.6) is 0 Å². The van der Waals surface area contributed by atoms with Gasteiger partial charge in [0.15, 0.2) is 17.5 Å². The molecule has 0 saturated carbocycles. The fraction of sp³-hybridized carbons (Fsp3) is 0.129. The van der Waals surface area contributed by atoms with Gasteiger partial charge in [-0.05, 0) is 73.7 Å². The van der Waals surface area contributed by atoms with Crippen molar-refractivity contribution in [2.24, 2.45) is 9.98 Å². The van der Waals surface area contributed by atoms with Crippen LogP contribution in [0.4, 0.5) is 22.9 Å². The number of aryl methyl sites for hydroxylation is 3. The topological polar surface area (TPSA) is 57.8 Å². The van der Waals surface area contributed by atoms with Crippen molar-refractivity contribution in [3.05, 3.63) is 118 Å². The van der Waals surface area contributed by atoms with Gasteiger partial charge in [0, 0.05) is 16.1 Å². The Morgan fingerprint density at radius 2 is 1.66 bits per heavy atom. The minimum atomic E-state index is -0.0815. The average Bonchev–Trinajstić information content (AvgIpc) is 3.59. The number of aliphatic imine (C=N–C) groups is 2. The lowest BCUT2D eigenvalue weighted by atomic mass is 9.98. The lowest BCUT2D eigenvalue weighted by molar-refractivity contribution is 0.830. The number of fused-ring (bicyclic) bond motifs is 4. The average molecular weight is 515 g/mol. The van der Waals surface area contributed by atoms with Gasteiger partial charge >= 0.3 is 0 Å². The lowest BCUT2D eigenvalue weighted by Gasteiger charge is -2.40. The van der Waals surface area contributed by atoms with E-state index in [1.807, 2.05) is 28.9 Å². The van der Waals surface area contributed by atoms with E-state index in [9.17, 15) is 0 Å². The molecule has 2 aliphatic rings. The third-order valence-electron chi connectivity index (χ3n) is 7.10. The normalized spacial score (nSPS) is 15.8. The Labute approximate surface area is 225 Å². The molecule has 0 saturated heterocycles. The molecule has 5 aromatic rings. The van der Waals surface area contributed by atoms with Gasteiger partial charge in [-0.3, -0.25) is 0 Å². The summed E-state index contributed by atoms with van der Waals surface area (Å²) in [7, 11) is 0. The van der Waals surface area contributed by atoms with Crippen molar-refractivity contribution in [3.63, 3.8) is 0 Å². The summed E-state index contributed by atoms with van der Waals surface area (Å²) >= 11 is 1.75. The molecule has 2 aromatic heterocycles. The quantitative estimate of drug-likeness (QED) is 0.269. The van der Waals surface area contributed by atoms with Gasteiger partial charge in [-0.15, -0.1) is 11.3 Å². The molecule has 0 amide bonds. The van der Waals surface area contributed by atoms with E-state index >= 15 is 0 Å². The molecule has 0 bridgehead atoms. The van der Waals surface area contributed by atoms with Crippen LogP contribution < -0.4 is 10.2 Å². The van der Waals surface area contributed by atoms with Crippen molar-refractivity contribution < 1.29 is 0 Å². The number of hydrogen-bond donors (Lipinski definition) is 1. The molecule has 1 N–H and O–H groups in total. The van der Waals surface area contributed by atoms with Crippen molar-refractivity contribution in [1.29, 1.82) is 0 Å². The number of anilines is 2. The molecule has 1 unspecified atom stereocenters. The Morgan fingerprint density at radius 1 is 0.842 bits per heavy atom. The molecular formula is C31H26N6S. The molecule has 1 atom stereocenters. The van der Waals surface area contributed by atoms with Crippen LogP contribution in [0.1, 0.15) is 33.3 Å². The van der Waals surface area contributed by atoms with Gasteiger partial charge in [0.1, 0.15) is 6.04 Å². The molecule has 2 aliphatic heterocycles. The van der Waals surface area contributed by atoms with E-state index in [0.717, 1.165) is 57.1 Å². The predicted octanol–water partition coefficient (Wildman–Crippen LogP) is 7.65. The number of para-hydroxylation sites is 3. The number of nitrogens with one attached hydrogen (secondary N) is 1. The largest absolute Gasteiger partial charge is 0.337 e. The van der Waals surface area contributed by atoms with Crippen LogP contribution in [0.3, 0.4) is 0 Å². The molecule has 0 radical (unpaired) electrons. The second kappa shape index (κ2) is 8.82. The minimum absolute atomic E-state index is 0.0815. The van der Waals surface area contributed by atoms with E-state index < -0.39 is 0 Å². The highest BCUT2D eigenvalue weighted by Crippen LogP contribution is 2.49. The highest BCUT2D eigenvalue weighted by molar-refractivity contribution is 7.10. The van der Waals surface area contributed by atoms with Gasteiger partial charge in [-0.25, -0.2) is 14.7 Å². The summed E-state index contributed by atoms with van der Waals surface area (Å²) in [5.41, 5.74) is 8.38. The molecule has 7 heteroatoms. The standard InChI is InChI=1S/C31H26N6S/c1-19-15-16-20(2)24(18-19)33-29-31-34-30-27(21(3)35-37(30)22-10-5-4-6-11-22)28(26-14-9-17-38-26)36(31)25-13-8-7-12-23(25)32-29/h4-18,28H,1-3H3,(H,32,33). The fourth-order valence-electron chi connectivity index (χ4n) is 5.26. The Bertz CT molecular complexity index is 1730. The lowest BCUT2D eigenvalue weighted by Crippen LogP contribution is -2.46. The van der Waals surface area contributed by atoms with Crippen molar-refractivity contribution in [2.75, 3.05) is 10.2 Å². The number of thiophene rings is 1. The van der Waals surface area contributed by atoms with Gasteiger partial charge in [-0.1, -0.05) is 48.5 Å². The summed E-state index contributed by atoms with van der Waals surface area (Å²) in [6.45, 7) is 6.30. The summed E-state index contributed by atoms with van der Waals surface area (Å²) in [5.74, 6) is 2.35. The summed E-state index contributed by atoms with van der Waals surface area (Å²) in [6, 6.07) is 29.2. The number of rotatable bonds is 3. The number of amidine groups is 2. The highest BCUT2D eigenvalue weighted by Gasteiger charge is 2.41. The van der Waals surface area contributed by atoms with Gasteiger partial charge in [0.05, 0.1) is 22.8 Å². The highest BCUT2D eigenvalue weighted by atomic mass is 32.1. The van der Waals surface area contributed by atoms with E-state index in [1.165, 1.54) is 10.4 Å². The first-order valence-electron chi connectivity index (χ1n) is 12.7. The molecule has 0 fully saturated rings. The molecule has 7 rings (SSSR count). The van der Waals surface area contributed by atoms with Crippen molar-refractivity contribution in [3.8, 4) is 5.69 Å². The van der Waals surface area contributed by atoms with Crippen LogP contribution in [-0.2, 0) is 0 Å². The van der Waals surface area contributed by atoms with Crippen molar-refractivity contribution in [2.45, 2.75) is 26.8 Å². The molecule has 6 nitrogen and oxygen atoms in total. The molecule has 3 aromatic carbocycles. The van der Waals surface area contributed by atoms with E-state index in [4.69, 9.17) is 15.1 Å². The SMILES string of the molecule is Cc1ccc(C)c(NC2=Nc3ccccc3N3C2=Nc2c(c(C)nn2-c2ccccc2)C3c2cccs2)c1. The predicted molar refractivity (Wildman–Crippen MR) is 157 cm³/mol. The maximum absolute atomic E-state index is 5.31. The minimum Gasteiger partial charge on any atom is -0.337 e. The number of aromatic nitrogens is 2. The number of benzene rings is 3. The van der Waals surface area contributed by atoms with Gasteiger partial charge < -0.3 is 10.2 Å². The van der Waals surface area contributed by atoms with Crippen LogP contribution in [0.15, 0.2) is 100 Å². The van der Waals surface area contributed by atoms with E-state index in [-0.39, 0.29) is 6.04 Å². The van der Waals surface area contributed by atoms with E-state index in [0.29, 0.717) is 0 Å². The maximum Gasteiger partial charge on any atom is 0.179 e. The molecule has 186 valence electrons. The Hall–Kier alpha value is -4.49. The number of nitrogens with zero attached hydrogens (tertiary/aromatic N) is 5. The number of hydrogen-bond acceptors (Lipinski definition) is 6. The zero-order valence-corrected chi connectivity index (χ0v) is 22.2. The van der Waals surface area contributed by atoms with Crippen LogP contribution >= 0.6 is 11.3 Å². The molecule has 4 heterocycles. The van der Waals surface area contributed by atoms with Gasteiger partial charge in [0.25, 0.3) is 0 Å². The second-order valence-electron chi connectivity index (χ2n) is 9.69. The van der Waals surface area contributed by atoms with Crippen molar-refractivity contribution >= 4 is 45.9 Å². The first-order chi connectivity index (χ1) is 18.6. The zero-order chi connectivity index (χ0) is 25.8. The van der Waals surface area contributed by atoms with Crippen molar-refractivity contribution in [1.82, 2.24) is 9.78 Å². The third-order valence-corrected chi connectivity index (χ3v) is 8.02. The second-order valence-corrected chi connectivity index (χ2v) is 10.7. The summed E-state index contributed by atoms with van der Waals surface area (Å²) in [6.07, 6.45) is 0. The summed E-state index contributed by atoms with van der Waals surface area (Å²) < 4.78 is 1.96. The monoisotopic (exact) mass is 514 g/mol.